The van der Waals surface area contributed by atoms with E-state index in [1.807, 2.05) is 24.1 Å². The average molecular weight is 575 g/mol. The number of aliphatic imine (C=N–C) groups is 1. The molecule has 3 rings (SSSR count). The zero-order valence-corrected chi connectivity index (χ0v) is 22.2. The number of nitrogens with one attached hydrogen (secondary N) is 1. The Morgan fingerprint density at radius 2 is 1.85 bits per heavy atom. The SMILES string of the molecule is CN=C(NCc1cccc(OCCCOC)c1)N1CCN(CC(=O)N2CCOCC2)CC1.I. The summed E-state index contributed by atoms with van der Waals surface area (Å²) in [5, 5.41) is 3.46. The van der Waals surface area contributed by atoms with E-state index in [-0.39, 0.29) is 29.9 Å². The summed E-state index contributed by atoms with van der Waals surface area (Å²) in [5.74, 6) is 1.96. The maximum atomic E-state index is 12.5. The summed E-state index contributed by atoms with van der Waals surface area (Å²) in [4.78, 5) is 23.3. The molecule has 2 aliphatic rings. The van der Waals surface area contributed by atoms with Crippen LogP contribution in [0.2, 0.25) is 0 Å². The lowest BCUT2D eigenvalue weighted by Crippen LogP contribution is -2.54. The Hall–Kier alpha value is -1.63. The van der Waals surface area contributed by atoms with Crippen LogP contribution >= 0.6 is 24.0 Å². The van der Waals surface area contributed by atoms with Crippen LogP contribution in [0.4, 0.5) is 0 Å². The highest BCUT2D eigenvalue weighted by molar-refractivity contribution is 14.0. The number of methoxy groups -OCH3 is 1. The predicted octanol–water partition coefficient (Wildman–Crippen LogP) is 1.27. The number of carbonyl (C=O) groups excluding carboxylic acids is 1. The highest BCUT2D eigenvalue weighted by Gasteiger charge is 2.24. The molecule has 2 fully saturated rings. The number of hydrogen-bond donors (Lipinski definition) is 1. The molecule has 186 valence electrons. The van der Waals surface area contributed by atoms with Crippen molar-refractivity contribution in [1.29, 1.82) is 0 Å². The fourth-order valence-corrected chi connectivity index (χ4v) is 3.87. The Labute approximate surface area is 214 Å². The molecule has 10 heteroatoms. The Morgan fingerprint density at radius 1 is 1.09 bits per heavy atom. The molecule has 1 aromatic rings. The summed E-state index contributed by atoms with van der Waals surface area (Å²) >= 11 is 0. The first-order valence-corrected chi connectivity index (χ1v) is 11.4. The second-order valence-corrected chi connectivity index (χ2v) is 8.00. The van der Waals surface area contributed by atoms with Crippen LogP contribution < -0.4 is 10.1 Å². The van der Waals surface area contributed by atoms with Crippen molar-refractivity contribution < 1.29 is 19.0 Å². The fraction of sp³-hybridized carbons (Fsp3) is 0.652. The zero-order valence-electron chi connectivity index (χ0n) is 19.8. The van der Waals surface area contributed by atoms with Gasteiger partial charge in [0.25, 0.3) is 0 Å². The molecule has 2 saturated heterocycles. The van der Waals surface area contributed by atoms with Gasteiger partial charge in [0.15, 0.2) is 5.96 Å². The van der Waals surface area contributed by atoms with Crippen LogP contribution in [-0.2, 0) is 20.8 Å². The molecule has 2 heterocycles. The summed E-state index contributed by atoms with van der Waals surface area (Å²) in [6.45, 7) is 8.59. The van der Waals surface area contributed by atoms with Gasteiger partial charge in [0.05, 0.1) is 26.4 Å². The first-order valence-electron chi connectivity index (χ1n) is 11.4. The lowest BCUT2D eigenvalue weighted by atomic mass is 10.2. The second kappa shape index (κ2) is 15.3. The van der Waals surface area contributed by atoms with Crippen LogP contribution in [0.1, 0.15) is 12.0 Å². The lowest BCUT2D eigenvalue weighted by Gasteiger charge is -2.37. The van der Waals surface area contributed by atoms with Crippen LogP contribution in [0.5, 0.6) is 5.75 Å². The van der Waals surface area contributed by atoms with Gasteiger partial charge < -0.3 is 29.3 Å². The van der Waals surface area contributed by atoms with E-state index >= 15 is 0 Å². The lowest BCUT2D eigenvalue weighted by molar-refractivity contribution is -0.136. The van der Waals surface area contributed by atoms with E-state index in [0.717, 1.165) is 49.9 Å². The number of nitrogens with zero attached hydrogens (tertiary/aromatic N) is 4. The summed E-state index contributed by atoms with van der Waals surface area (Å²) in [7, 11) is 3.51. The van der Waals surface area contributed by atoms with E-state index < -0.39 is 0 Å². The van der Waals surface area contributed by atoms with Gasteiger partial charge in [-0.05, 0) is 17.7 Å². The van der Waals surface area contributed by atoms with Crippen molar-refractivity contribution in [2.75, 3.05) is 86.4 Å². The number of hydrogen-bond acceptors (Lipinski definition) is 6. The number of morpholine rings is 1. The van der Waals surface area contributed by atoms with Crippen molar-refractivity contribution in [3.63, 3.8) is 0 Å². The standard InChI is InChI=1S/C23H37N5O4.HI/c1-24-23(25-18-20-5-3-6-21(17-20)32-14-4-13-30-2)28-9-7-26(8-10-28)19-22(29)27-11-15-31-16-12-27;/h3,5-6,17H,4,7-16,18-19H2,1-2H3,(H,24,25);1H. The van der Waals surface area contributed by atoms with Crippen LogP contribution in [0.25, 0.3) is 0 Å². The van der Waals surface area contributed by atoms with Crippen molar-refractivity contribution in [3.8, 4) is 5.75 Å². The molecule has 2 aliphatic heterocycles. The first kappa shape index (κ1) is 27.6. The van der Waals surface area contributed by atoms with Gasteiger partial charge in [0.2, 0.25) is 5.91 Å². The van der Waals surface area contributed by atoms with E-state index in [1.54, 1.807) is 7.11 Å². The van der Waals surface area contributed by atoms with E-state index in [1.165, 1.54) is 0 Å². The number of carbonyl (C=O) groups is 1. The van der Waals surface area contributed by atoms with Gasteiger partial charge in [-0.1, -0.05) is 12.1 Å². The Bertz CT molecular complexity index is 737. The number of rotatable bonds is 9. The highest BCUT2D eigenvalue weighted by atomic mass is 127. The van der Waals surface area contributed by atoms with E-state index in [2.05, 4.69) is 32.2 Å². The minimum absolute atomic E-state index is 0. The summed E-state index contributed by atoms with van der Waals surface area (Å²) in [5.41, 5.74) is 1.14. The molecule has 0 saturated carbocycles. The molecule has 0 unspecified atom stereocenters. The normalized spacial score (nSPS) is 17.5. The van der Waals surface area contributed by atoms with Gasteiger partial charge in [-0.3, -0.25) is 14.7 Å². The molecular weight excluding hydrogens is 537 g/mol. The largest absolute Gasteiger partial charge is 0.493 e. The van der Waals surface area contributed by atoms with Crippen LogP contribution in [0.15, 0.2) is 29.3 Å². The number of piperazine rings is 1. The van der Waals surface area contributed by atoms with Crippen LogP contribution in [0, 0.1) is 0 Å². The molecule has 0 spiro atoms. The number of benzene rings is 1. The van der Waals surface area contributed by atoms with Gasteiger partial charge in [-0.25, -0.2) is 0 Å². The summed E-state index contributed by atoms with van der Waals surface area (Å²) < 4.78 is 16.2. The maximum absolute atomic E-state index is 12.5. The van der Waals surface area contributed by atoms with Crippen LogP contribution in [0.3, 0.4) is 0 Å². The van der Waals surface area contributed by atoms with E-state index in [9.17, 15) is 4.79 Å². The number of ether oxygens (including phenoxy) is 3. The minimum Gasteiger partial charge on any atom is -0.493 e. The molecule has 0 aromatic heterocycles. The summed E-state index contributed by atoms with van der Waals surface area (Å²) in [6.07, 6.45) is 0.871. The van der Waals surface area contributed by atoms with Gasteiger partial charge in [0.1, 0.15) is 5.75 Å². The predicted molar refractivity (Wildman–Crippen MR) is 139 cm³/mol. The van der Waals surface area contributed by atoms with Crippen molar-refractivity contribution >= 4 is 35.8 Å². The Balaban J connectivity index is 0.00000385. The summed E-state index contributed by atoms with van der Waals surface area (Å²) in [6, 6.07) is 8.12. The van der Waals surface area contributed by atoms with E-state index in [0.29, 0.717) is 52.6 Å². The molecule has 0 bridgehead atoms. The third-order valence-corrected chi connectivity index (χ3v) is 5.72. The molecule has 33 heavy (non-hydrogen) atoms. The van der Waals surface area contributed by atoms with E-state index in [4.69, 9.17) is 14.2 Å². The molecule has 0 radical (unpaired) electrons. The molecule has 0 atom stereocenters. The number of halogens is 1. The molecule has 9 nitrogen and oxygen atoms in total. The topological polar surface area (TPSA) is 78.9 Å². The quantitative estimate of drug-likeness (QED) is 0.206. The Kier molecular flexibility index (Phi) is 12.8. The van der Waals surface area contributed by atoms with Gasteiger partial charge in [-0.2, -0.15) is 0 Å². The third kappa shape index (κ3) is 9.26. The zero-order chi connectivity index (χ0) is 22.6. The highest BCUT2D eigenvalue weighted by Crippen LogP contribution is 2.14. The first-order chi connectivity index (χ1) is 15.7. The molecule has 1 amide bonds. The maximum Gasteiger partial charge on any atom is 0.236 e. The smallest absolute Gasteiger partial charge is 0.236 e. The minimum atomic E-state index is 0. The van der Waals surface area contributed by atoms with Crippen molar-refractivity contribution in [3.05, 3.63) is 29.8 Å². The molecule has 0 aliphatic carbocycles. The number of guanidine groups is 1. The monoisotopic (exact) mass is 575 g/mol. The second-order valence-electron chi connectivity index (χ2n) is 8.00. The molecular formula is C23H38IN5O4. The van der Waals surface area contributed by atoms with Crippen molar-refractivity contribution in [2.45, 2.75) is 13.0 Å². The third-order valence-electron chi connectivity index (χ3n) is 5.72. The number of amides is 1. The Morgan fingerprint density at radius 3 is 2.55 bits per heavy atom. The molecule has 1 aromatic carbocycles. The molecule has 1 N–H and O–H groups in total. The van der Waals surface area contributed by atoms with Gasteiger partial charge >= 0.3 is 0 Å². The average Bonchev–Trinajstić information content (AvgIpc) is 2.84. The fourth-order valence-electron chi connectivity index (χ4n) is 3.87. The van der Waals surface area contributed by atoms with Crippen molar-refractivity contribution in [2.24, 2.45) is 4.99 Å². The van der Waals surface area contributed by atoms with Gasteiger partial charge in [0, 0.05) is 73.0 Å². The van der Waals surface area contributed by atoms with Crippen LogP contribution in [-0.4, -0.2) is 113 Å². The van der Waals surface area contributed by atoms with Gasteiger partial charge in [-0.15, -0.1) is 24.0 Å². The van der Waals surface area contributed by atoms with Crippen molar-refractivity contribution in [1.82, 2.24) is 20.0 Å².